The van der Waals surface area contributed by atoms with Crippen LogP contribution in [0.2, 0.25) is 0 Å². The molecule has 0 amide bonds. The van der Waals surface area contributed by atoms with Crippen molar-refractivity contribution in [2.24, 2.45) is 0 Å². The monoisotopic (exact) mass is 134 g/mol. The van der Waals surface area contributed by atoms with Crippen LogP contribution >= 0.6 is 0 Å². The summed E-state index contributed by atoms with van der Waals surface area (Å²) in [6, 6.07) is 0. The molecule has 0 aliphatic rings. The van der Waals surface area contributed by atoms with Crippen molar-refractivity contribution in [3.63, 3.8) is 0 Å². The molecule has 0 aliphatic carbocycles. The molecule has 0 aliphatic heterocycles. The molecule has 2 heteroatoms. The van der Waals surface area contributed by atoms with Crippen molar-refractivity contribution in [1.29, 1.82) is 0 Å². The van der Waals surface area contributed by atoms with Crippen molar-refractivity contribution >= 4 is 0 Å². The minimum absolute atomic E-state index is 0.250. The predicted octanol–water partition coefficient (Wildman–Crippen LogP) is 1.17. The Morgan fingerprint density at radius 1 is 1.22 bits per heavy atom. The summed E-state index contributed by atoms with van der Waals surface area (Å²) in [6.45, 7) is 7.49. The molecule has 2 nitrogen and oxygen atoms in total. The van der Waals surface area contributed by atoms with Gasteiger partial charge in [-0.3, -0.25) is 0 Å². The van der Waals surface area contributed by atoms with E-state index in [1.165, 1.54) is 0 Å². The molecule has 0 aromatic carbocycles. The highest BCUT2D eigenvalue weighted by molar-refractivity contribution is 4.59. The minimum atomic E-state index is -0.458. The molecule has 58 valence electrons. The maximum absolute atomic E-state index is 8.83. The fraction of sp³-hybridized carbons (Fsp3) is 1.00. The van der Waals surface area contributed by atoms with Gasteiger partial charge in [-0.2, -0.15) is 0 Å². The van der Waals surface area contributed by atoms with E-state index in [1.807, 2.05) is 6.92 Å². The molecule has 0 bridgehead atoms. The molecule has 0 atom stereocenters. The summed E-state index contributed by atoms with van der Waals surface area (Å²) in [5.41, 5.74) is -0.458. The Morgan fingerprint density at radius 3 is 1.33 bits per heavy atom. The summed E-state index contributed by atoms with van der Waals surface area (Å²) in [5, 5.41) is 16.4. The summed E-state index contributed by atoms with van der Waals surface area (Å²) < 4.78 is 0. The number of hydrogen-bond donors (Lipinski definition) is 2. The second-order valence-corrected chi connectivity index (χ2v) is 2.48. The van der Waals surface area contributed by atoms with Crippen LogP contribution in [0.25, 0.3) is 0 Å². The fourth-order valence-corrected chi connectivity index (χ4v) is 0. The highest BCUT2D eigenvalue weighted by Crippen LogP contribution is 2.03. The third-order valence-electron chi connectivity index (χ3n) is 0.865. The predicted molar refractivity (Wildman–Crippen MR) is 39.3 cm³/mol. The molecule has 0 aromatic rings. The van der Waals surface area contributed by atoms with E-state index in [4.69, 9.17) is 10.2 Å². The molecule has 0 heterocycles. The van der Waals surface area contributed by atoms with E-state index in [-0.39, 0.29) is 6.61 Å². The Hall–Kier alpha value is -0.0800. The Kier molecular flexibility index (Phi) is 7.85. The summed E-state index contributed by atoms with van der Waals surface area (Å²) >= 11 is 0. The highest BCUT2D eigenvalue weighted by Gasteiger charge is 2.05. The van der Waals surface area contributed by atoms with Gasteiger partial charge in [0.05, 0.1) is 5.60 Å². The lowest BCUT2D eigenvalue weighted by Gasteiger charge is -2.11. The van der Waals surface area contributed by atoms with Crippen molar-refractivity contribution in [3.8, 4) is 0 Å². The van der Waals surface area contributed by atoms with E-state index >= 15 is 0 Å². The van der Waals surface area contributed by atoms with Crippen LogP contribution in [0, 0.1) is 0 Å². The Bertz CT molecular complexity index is 45.4. The average molecular weight is 134 g/mol. The van der Waals surface area contributed by atoms with Gasteiger partial charge >= 0.3 is 0 Å². The Morgan fingerprint density at radius 2 is 1.33 bits per heavy atom. The van der Waals surface area contributed by atoms with Crippen LogP contribution in [-0.4, -0.2) is 22.4 Å². The van der Waals surface area contributed by atoms with Gasteiger partial charge in [0.2, 0.25) is 0 Å². The van der Waals surface area contributed by atoms with E-state index in [2.05, 4.69) is 0 Å². The number of aliphatic hydroxyl groups excluding tert-OH is 1. The van der Waals surface area contributed by atoms with Crippen LogP contribution in [0.4, 0.5) is 0 Å². The quantitative estimate of drug-likeness (QED) is 0.565. The van der Waals surface area contributed by atoms with Crippen LogP contribution < -0.4 is 0 Å². The molecular weight excluding hydrogens is 116 g/mol. The largest absolute Gasteiger partial charge is 0.397 e. The SMILES string of the molecule is CCC(C)(C)O.CCO. The molecule has 9 heavy (non-hydrogen) atoms. The first-order valence-electron chi connectivity index (χ1n) is 3.31. The molecular formula is C7H18O2. The van der Waals surface area contributed by atoms with Crippen molar-refractivity contribution in [2.45, 2.75) is 39.7 Å². The zero-order chi connectivity index (χ0) is 7.91. The van der Waals surface area contributed by atoms with Gasteiger partial charge in [0.1, 0.15) is 0 Å². The van der Waals surface area contributed by atoms with Crippen LogP contribution in [0.1, 0.15) is 34.1 Å². The van der Waals surface area contributed by atoms with Crippen molar-refractivity contribution < 1.29 is 10.2 Å². The molecule has 0 saturated carbocycles. The molecule has 0 radical (unpaired) electrons. The summed E-state index contributed by atoms with van der Waals surface area (Å²) in [7, 11) is 0. The van der Waals surface area contributed by atoms with Gasteiger partial charge in [-0.15, -0.1) is 0 Å². The van der Waals surface area contributed by atoms with Gasteiger partial charge in [0.15, 0.2) is 0 Å². The van der Waals surface area contributed by atoms with Crippen molar-refractivity contribution in [2.75, 3.05) is 6.61 Å². The van der Waals surface area contributed by atoms with Crippen LogP contribution in [0.3, 0.4) is 0 Å². The first kappa shape index (κ1) is 11.7. The number of hydrogen-bond acceptors (Lipinski definition) is 2. The second-order valence-electron chi connectivity index (χ2n) is 2.48. The fourth-order valence-electron chi connectivity index (χ4n) is 0. The number of rotatable bonds is 1. The van der Waals surface area contributed by atoms with Gasteiger partial charge < -0.3 is 10.2 Å². The lowest BCUT2D eigenvalue weighted by atomic mass is 10.1. The summed E-state index contributed by atoms with van der Waals surface area (Å²) in [5.74, 6) is 0. The van der Waals surface area contributed by atoms with E-state index in [0.717, 1.165) is 6.42 Å². The molecule has 0 unspecified atom stereocenters. The first-order chi connectivity index (χ1) is 3.97. The average Bonchev–Trinajstić information content (AvgIpc) is 1.67. The zero-order valence-corrected chi connectivity index (χ0v) is 6.81. The van der Waals surface area contributed by atoms with Gasteiger partial charge in [-0.05, 0) is 27.2 Å². The van der Waals surface area contributed by atoms with Crippen LogP contribution in [0.15, 0.2) is 0 Å². The third-order valence-corrected chi connectivity index (χ3v) is 0.865. The maximum Gasteiger partial charge on any atom is 0.0589 e. The van der Waals surface area contributed by atoms with Gasteiger partial charge in [0.25, 0.3) is 0 Å². The van der Waals surface area contributed by atoms with Crippen molar-refractivity contribution in [1.82, 2.24) is 0 Å². The van der Waals surface area contributed by atoms with E-state index in [9.17, 15) is 0 Å². The van der Waals surface area contributed by atoms with E-state index < -0.39 is 5.60 Å². The Labute approximate surface area is 57.5 Å². The van der Waals surface area contributed by atoms with Gasteiger partial charge in [-0.1, -0.05) is 6.92 Å². The lowest BCUT2D eigenvalue weighted by Crippen LogP contribution is -2.15. The van der Waals surface area contributed by atoms with Gasteiger partial charge in [-0.25, -0.2) is 0 Å². The molecule has 2 N–H and O–H groups in total. The maximum atomic E-state index is 8.83. The molecule has 0 spiro atoms. The van der Waals surface area contributed by atoms with Crippen molar-refractivity contribution in [3.05, 3.63) is 0 Å². The van der Waals surface area contributed by atoms with Crippen LogP contribution in [0.5, 0.6) is 0 Å². The molecule has 0 saturated heterocycles. The standard InChI is InChI=1S/C5H12O.C2H6O/c1-4-5(2,3)6;1-2-3/h6H,4H2,1-3H3;3H,2H2,1H3. The number of aliphatic hydroxyl groups is 2. The molecule has 0 fully saturated rings. The highest BCUT2D eigenvalue weighted by atomic mass is 16.3. The second kappa shape index (κ2) is 6.05. The molecule has 0 rings (SSSR count). The normalized spacial score (nSPS) is 10.0. The zero-order valence-electron chi connectivity index (χ0n) is 6.81. The third kappa shape index (κ3) is 32.6. The summed E-state index contributed by atoms with van der Waals surface area (Å²) in [6.07, 6.45) is 0.826. The minimum Gasteiger partial charge on any atom is -0.397 e. The van der Waals surface area contributed by atoms with Gasteiger partial charge in [0, 0.05) is 6.61 Å². The molecule has 0 aromatic heterocycles. The van der Waals surface area contributed by atoms with Crippen LogP contribution in [-0.2, 0) is 0 Å². The smallest absolute Gasteiger partial charge is 0.0589 e. The van der Waals surface area contributed by atoms with E-state index in [0.29, 0.717) is 0 Å². The summed E-state index contributed by atoms with van der Waals surface area (Å²) in [4.78, 5) is 0. The first-order valence-corrected chi connectivity index (χ1v) is 3.31. The lowest BCUT2D eigenvalue weighted by molar-refractivity contribution is 0.0765. The Balaban J connectivity index is 0. The topological polar surface area (TPSA) is 40.5 Å². The van der Waals surface area contributed by atoms with E-state index in [1.54, 1.807) is 20.8 Å².